The van der Waals surface area contributed by atoms with Gasteiger partial charge in [-0.25, -0.2) is 0 Å². The molecule has 2 N–H and O–H groups in total. The number of anilines is 2. The van der Waals surface area contributed by atoms with Crippen LogP contribution in [0.5, 0.6) is 5.75 Å². The molecule has 0 unspecified atom stereocenters. The van der Waals surface area contributed by atoms with Crippen molar-refractivity contribution in [3.8, 4) is 5.75 Å². The zero-order valence-corrected chi connectivity index (χ0v) is 18.0. The third-order valence-corrected chi connectivity index (χ3v) is 4.81. The number of carbonyl (C=O) groups excluding carboxylic acids is 3. The Bertz CT molecular complexity index is 874. The normalized spacial score (nSPS) is 10.2. The Morgan fingerprint density at radius 1 is 0.966 bits per heavy atom. The van der Waals surface area contributed by atoms with Crippen molar-refractivity contribution in [2.24, 2.45) is 0 Å². The number of hydrogen-bond acceptors (Lipinski definition) is 5. The molecule has 0 radical (unpaired) electrons. The third-order valence-electron chi connectivity index (χ3n) is 3.57. The van der Waals surface area contributed by atoms with Gasteiger partial charge in [0.25, 0.3) is 5.91 Å². The molecule has 29 heavy (non-hydrogen) atoms. The molecule has 0 atom stereocenters. The summed E-state index contributed by atoms with van der Waals surface area (Å²) in [7, 11) is 0. The van der Waals surface area contributed by atoms with E-state index in [1.54, 1.807) is 42.5 Å². The molecule has 0 aliphatic rings. The van der Waals surface area contributed by atoms with E-state index in [1.165, 1.54) is 0 Å². The van der Waals surface area contributed by atoms with Gasteiger partial charge in [-0.2, -0.15) is 0 Å². The van der Waals surface area contributed by atoms with Crippen molar-refractivity contribution in [1.29, 1.82) is 0 Å². The summed E-state index contributed by atoms with van der Waals surface area (Å²) in [6.45, 7) is 1.99. The van der Waals surface area contributed by atoms with Crippen molar-refractivity contribution in [2.45, 2.75) is 19.8 Å². The predicted molar refractivity (Wildman–Crippen MR) is 114 cm³/mol. The van der Waals surface area contributed by atoms with Crippen molar-refractivity contribution in [1.82, 2.24) is 0 Å². The lowest BCUT2D eigenvalue weighted by Crippen LogP contribution is -2.21. The van der Waals surface area contributed by atoms with Crippen molar-refractivity contribution in [3.05, 3.63) is 52.0 Å². The standard InChI is InChI=1S/C20H20BrClN2O5/c1-2-28-15-6-3-13(4-7-15)23-18(25)9-10-20(27)29-12-19(26)24-14-5-8-16(21)17(22)11-14/h3-8,11H,2,9-10,12H2,1H3,(H,23,25)(H,24,26). The molecular weight excluding hydrogens is 464 g/mol. The SMILES string of the molecule is CCOc1ccc(NC(=O)CCC(=O)OCC(=O)Nc2ccc(Br)c(Cl)c2)cc1. The fourth-order valence-corrected chi connectivity index (χ4v) is 2.66. The van der Waals surface area contributed by atoms with Gasteiger partial charge in [0, 0.05) is 22.3 Å². The van der Waals surface area contributed by atoms with Gasteiger partial charge >= 0.3 is 5.97 Å². The van der Waals surface area contributed by atoms with E-state index in [4.69, 9.17) is 21.1 Å². The Hall–Kier alpha value is -2.58. The lowest BCUT2D eigenvalue weighted by atomic mass is 10.2. The number of amides is 2. The first-order valence-corrected chi connectivity index (χ1v) is 9.97. The predicted octanol–water partition coefficient (Wildman–Crippen LogP) is 4.40. The molecule has 0 aliphatic heterocycles. The van der Waals surface area contributed by atoms with E-state index in [9.17, 15) is 14.4 Å². The minimum absolute atomic E-state index is 0.0595. The lowest BCUT2D eigenvalue weighted by Gasteiger charge is -2.08. The van der Waals surface area contributed by atoms with E-state index in [2.05, 4.69) is 26.6 Å². The molecule has 2 amide bonds. The van der Waals surface area contributed by atoms with Crippen LogP contribution >= 0.6 is 27.5 Å². The van der Waals surface area contributed by atoms with Crippen LogP contribution in [-0.4, -0.2) is 31.0 Å². The molecule has 0 fully saturated rings. The second-order valence-electron chi connectivity index (χ2n) is 5.84. The monoisotopic (exact) mass is 482 g/mol. The van der Waals surface area contributed by atoms with Gasteiger partial charge in [-0.15, -0.1) is 0 Å². The number of nitrogens with one attached hydrogen (secondary N) is 2. The molecule has 0 saturated heterocycles. The van der Waals surface area contributed by atoms with E-state index in [-0.39, 0.29) is 18.7 Å². The van der Waals surface area contributed by atoms with E-state index in [0.717, 1.165) is 0 Å². The number of rotatable bonds is 9. The largest absolute Gasteiger partial charge is 0.494 e. The maximum Gasteiger partial charge on any atom is 0.306 e. The molecular formula is C20H20BrClN2O5. The van der Waals surface area contributed by atoms with Crippen LogP contribution in [0.1, 0.15) is 19.8 Å². The number of esters is 1. The first-order valence-electron chi connectivity index (χ1n) is 8.80. The van der Waals surface area contributed by atoms with Crippen LogP contribution in [0.15, 0.2) is 46.9 Å². The fraction of sp³-hybridized carbons (Fsp3) is 0.250. The van der Waals surface area contributed by atoms with Crippen molar-refractivity contribution in [2.75, 3.05) is 23.8 Å². The molecule has 0 heterocycles. The third kappa shape index (κ3) is 8.13. The molecule has 154 valence electrons. The molecule has 0 spiro atoms. The maximum absolute atomic E-state index is 11.9. The van der Waals surface area contributed by atoms with Crippen LogP contribution < -0.4 is 15.4 Å². The smallest absolute Gasteiger partial charge is 0.306 e. The maximum atomic E-state index is 11.9. The van der Waals surface area contributed by atoms with Crippen LogP contribution in [-0.2, 0) is 19.1 Å². The summed E-state index contributed by atoms with van der Waals surface area (Å²) in [6, 6.07) is 11.8. The summed E-state index contributed by atoms with van der Waals surface area (Å²) in [6.07, 6.45) is -0.198. The molecule has 0 bridgehead atoms. The molecule has 7 nitrogen and oxygen atoms in total. The molecule has 2 aromatic rings. The number of hydrogen-bond donors (Lipinski definition) is 2. The summed E-state index contributed by atoms with van der Waals surface area (Å²) in [4.78, 5) is 35.5. The molecule has 0 saturated carbocycles. The summed E-state index contributed by atoms with van der Waals surface area (Å²) in [5.41, 5.74) is 1.08. The van der Waals surface area contributed by atoms with Gasteiger partial charge in [-0.05, 0) is 65.3 Å². The van der Waals surface area contributed by atoms with Gasteiger partial charge in [0.2, 0.25) is 5.91 Å². The number of benzene rings is 2. The van der Waals surface area contributed by atoms with Crippen LogP contribution in [0.25, 0.3) is 0 Å². The number of ether oxygens (including phenoxy) is 2. The highest BCUT2D eigenvalue weighted by Crippen LogP contribution is 2.25. The first kappa shape index (κ1) is 22.7. The molecule has 2 aromatic carbocycles. The summed E-state index contributed by atoms with van der Waals surface area (Å²) in [5, 5.41) is 5.68. The van der Waals surface area contributed by atoms with E-state index < -0.39 is 18.5 Å². The van der Waals surface area contributed by atoms with E-state index >= 15 is 0 Å². The minimum atomic E-state index is -0.643. The zero-order chi connectivity index (χ0) is 21.2. The van der Waals surface area contributed by atoms with Crippen LogP contribution in [0.4, 0.5) is 11.4 Å². The fourth-order valence-electron chi connectivity index (χ4n) is 2.23. The van der Waals surface area contributed by atoms with Gasteiger partial charge < -0.3 is 20.1 Å². The zero-order valence-electron chi connectivity index (χ0n) is 15.7. The average molecular weight is 484 g/mol. The van der Waals surface area contributed by atoms with Gasteiger partial charge in [0.15, 0.2) is 6.61 Å². The molecule has 9 heteroatoms. The Labute approximate surface area is 181 Å². The summed E-state index contributed by atoms with van der Waals surface area (Å²) >= 11 is 9.20. The molecule has 0 aliphatic carbocycles. The Morgan fingerprint density at radius 2 is 1.62 bits per heavy atom. The van der Waals surface area contributed by atoms with Gasteiger partial charge in [-0.3, -0.25) is 14.4 Å². The van der Waals surface area contributed by atoms with Crippen LogP contribution in [0.2, 0.25) is 5.02 Å². The average Bonchev–Trinajstić information content (AvgIpc) is 2.69. The van der Waals surface area contributed by atoms with Gasteiger partial charge in [-0.1, -0.05) is 11.6 Å². The highest BCUT2D eigenvalue weighted by molar-refractivity contribution is 9.10. The number of carbonyl (C=O) groups is 3. The summed E-state index contributed by atoms with van der Waals surface area (Å²) in [5.74, 6) is -0.774. The van der Waals surface area contributed by atoms with Gasteiger partial charge in [0.1, 0.15) is 5.75 Å². The Balaban J connectivity index is 1.68. The van der Waals surface area contributed by atoms with Crippen molar-refractivity contribution < 1.29 is 23.9 Å². The van der Waals surface area contributed by atoms with Crippen LogP contribution in [0.3, 0.4) is 0 Å². The second-order valence-corrected chi connectivity index (χ2v) is 7.10. The highest BCUT2D eigenvalue weighted by Gasteiger charge is 2.11. The van der Waals surface area contributed by atoms with Crippen molar-refractivity contribution >= 4 is 56.7 Å². The van der Waals surface area contributed by atoms with Crippen molar-refractivity contribution in [3.63, 3.8) is 0 Å². The highest BCUT2D eigenvalue weighted by atomic mass is 79.9. The Kier molecular flexibility index (Phi) is 8.95. The minimum Gasteiger partial charge on any atom is -0.494 e. The van der Waals surface area contributed by atoms with Crippen LogP contribution in [0, 0.1) is 0 Å². The quantitative estimate of drug-likeness (QED) is 0.516. The second kappa shape index (κ2) is 11.4. The first-order chi connectivity index (χ1) is 13.9. The molecule has 2 rings (SSSR count). The summed E-state index contributed by atoms with van der Waals surface area (Å²) < 4.78 is 10.9. The molecule has 0 aromatic heterocycles. The van der Waals surface area contributed by atoms with E-state index in [0.29, 0.717) is 33.2 Å². The lowest BCUT2D eigenvalue weighted by molar-refractivity contribution is -0.147. The Morgan fingerprint density at radius 3 is 2.28 bits per heavy atom. The number of halogens is 2. The van der Waals surface area contributed by atoms with Gasteiger partial charge in [0.05, 0.1) is 18.1 Å². The topological polar surface area (TPSA) is 93.7 Å². The van der Waals surface area contributed by atoms with E-state index in [1.807, 2.05) is 6.92 Å².